The van der Waals surface area contributed by atoms with Gasteiger partial charge in [0, 0.05) is 11.1 Å². The largest absolute Gasteiger partial charge is 0.295 e. The normalized spacial score (nSPS) is 10.9. The van der Waals surface area contributed by atoms with E-state index in [1.54, 1.807) is 57.9 Å². The maximum absolute atomic E-state index is 11.5. The first kappa shape index (κ1) is 19.9. The van der Waals surface area contributed by atoms with Gasteiger partial charge in [-0.3, -0.25) is 9.59 Å². The van der Waals surface area contributed by atoms with Gasteiger partial charge in [-0.2, -0.15) is 9.36 Å². The summed E-state index contributed by atoms with van der Waals surface area (Å²) in [6, 6.07) is 14.0. The Kier molecular flexibility index (Phi) is 5.68. The molecule has 10 nitrogen and oxygen atoms in total. The topological polar surface area (TPSA) is 121 Å². The summed E-state index contributed by atoms with van der Waals surface area (Å²) in [6.07, 6.45) is 0. The Labute approximate surface area is 178 Å². The van der Waals surface area contributed by atoms with E-state index >= 15 is 0 Å². The molecule has 0 spiro atoms. The van der Waals surface area contributed by atoms with Gasteiger partial charge in [-0.05, 0) is 105 Å². The van der Waals surface area contributed by atoms with Crippen LogP contribution in [0.4, 0.5) is 0 Å². The molecule has 150 valence electrons. The van der Waals surface area contributed by atoms with Crippen LogP contribution in [-0.4, -0.2) is 52.0 Å². The third-order valence-corrected chi connectivity index (χ3v) is 6.14. The van der Waals surface area contributed by atoms with Gasteiger partial charge in [0.1, 0.15) is 0 Å². The Morgan fingerprint density at radius 2 is 1.03 bits per heavy atom. The zero-order valence-corrected chi connectivity index (χ0v) is 17.5. The Morgan fingerprint density at radius 1 is 0.667 bits per heavy atom. The molecule has 0 N–H and O–H groups in total. The van der Waals surface area contributed by atoms with Gasteiger partial charge in [0.2, 0.25) is 10.3 Å². The van der Waals surface area contributed by atoms with Crippen molar-refractivity contribution in [1.82, 2.24) is 40.4 Å². The van der Waals surface area contributed by atoms with Gasteiger partial charge < -0.3 is 0 Å². The molecule has 2 heterocycles. The molecule has 2 aromatic carbocycles. The number of tetrazole rings is 2. The Bertz CT molecular complexity index is 1110. The van der Waals surface area contributed by atoms with Gasteiger partial charge in [-0.25, -0.2) is 0 Å². The molecule has 0 unspecified atom stereocenters. The maximum Gasteiger partial charge on any atom is 0.225 e. The number of nitrogens with zero attached hydrogens (tertiary/aromatic N) is 8. The number of rotatable bonds is 7. The van der Waals surface area contributed by atoms with Crippen molar-refractivity contribution >= 4 is 33.2 Å². The highest BCUT2D eigenvalue weighted by molar-refractivity contribution is 8.76. The Morgan fingerprint density at radius 3 is 1.37 bits per heavy atom. The van der Waals surface area contributed by atoms with Crippen molar-refractivity contribution in [1.29, 1.82) is 0 Å². The highest BCUT2D eigenvalue weighted by Gasteiger charge is 2.15. The number of carbonyl (C=O) groups excluding carboxylic acids is 2. The maximum atomic E-state index is 11.5. The molecule has 4 rings (SSSR count). The summed E-state index contributed by atoms with van der Waals surface area (Å²) in [7, 11) is 2.59. The second kappa shape index (κ2) is 8.55. The van der Waals surface area contributed by atoms with Crippen molar-refractivity contribution in [2.45, 2.75) is 24.2 Å². The number of carbonyl (C=O) groups is 2. The number of benzene rings is 2. The van der Waals surface area contributed by atoms with E-state index < -0.39 is 0 Å². The standard InChI is InChI=1S/C18H14N8O2S2/c1-11(27)13-3-7-15(8-4-13)25-17(19-21-23-25)29-30-18-20-22-24-26(18)16-9-5-14(6-10-16)12(2)28/h3-10H,1-2H3. The van der Waals surface area contributed by atoms with Crippen LogP contribution in [0.3, 0.4) is 0 Å². The highest BCUT2D eigenvalue weighted by atomic mass is 33.1. The molecule has 12 heteroatoms. The summed E-state index contributed by atoms with van der Waals surface area (Å²) in [6.45, 7) is 3.03. The predicted molar refractivity (Wildman–Crippen MR) is 110 cm³/mol. The number of hydrogen-bond acceptors (Lipinski definition) is 10. The van der Waals surface area contributed by atoms with E-state index in [-0.39, 0.29) is 11.6 Å². The molecule has 0 amide bonds. The van der Waals surface area contributed by atoms with Crippen LogP contribution in [0.25, 0.3) is 11.4 Å². The highest BCUT2D eigenvalue weighted by Crippen LogP contribution is 2.36. The van der Waals surface area contributed by atoms with Gasteiger partial charge in [0.15, 0.2) is 11.6 Å². The van der Waals surface area contributed by atoms with E-state index in [0.29, 0.717) is 21.4 Å². The molecule has 0 saturated heterocycles. The van der Waals surface area contributed by atoms with E-state index in [9.17, 15) is 9.59 Å². The van der Waals surface area contributed by atoms with Crippen molar-refractivity contribution in [3.05, 3.63) is 59.7 Å². The van der Waals surface area contributed by atoms with Gasteiger partial charge in [-0.1, -0.05) is 0 Å². The molecule has 0 atom stereocenters. The molecule has 0 aliphatic rings. The lowest BCUT2D eigenvalue weighted by atomic mass is 10.1. The van der Waals surface area contributed by atoms with Crippen LogP contribution in [0.2, 0.25) is 0 Å². The smallest absolute Gasteiger partial charge is 0.225 e. The van der Waals surface area contributed by atoms with E-state index in [4.69, 9.17) is 0 Å². The average molecular weight is 438 g/mol. The Balaban J connectivity index is 1.52. The third kappa shape index (κ3) is 4.14. The van der Waals surface area contributed by atoms with Crippen molar-refractivity contribution in [2.24, 2.45) is 0 Å². The molecule has 0 aliphatic heterocycles. The van der Waals surface area contributed by atoms with E-state index in [1.165, 1.54) is 35.4 Å². The van der Waals surface area contributed by atoms with Gasteiger partial charge >= 0.3 is 0 Å². The van der Waals surface area contributed by atoms with Crippen molar-refractivity contribution in [2.75, 3.05) is 0 Å². The summed E-state index contributed by atoms with van der Waals surface area (Å²) >= 11 is 0. The van der Waals surface area contributed by atoms with Crippen LogP contribution in [0.5, 0.6) is 0 Å². The van der Waals surface area contributed by atoms with Gasteiger partial charge in [0.25, 0.3) is 0 Å². The van der Waals surface area contributed by atoms with E-state index in [2.05, 4.69) is 31.1 Å². The molecular weight excluding hydrogens is 424 g/mol. The fourth-order valence-electron chi connectivity index (χ4n) is 2.54. The molecule has 0 bridgehead atoms. The van der Waals surface area contributed by atoms with E-state index in [1.807, 2.05) is 0 Å². The zero-order valence-electron chi connectivity index (χ0n) is 15.8. The summed E-state index contributed by atoms with van der Waals surface area (Å²) in [5.74, 6) is -0.0156. The summed E-state index contributed by atoms with van der Waals surface area (Å²) in [4.78, 5) is 22.9. The number of Topliss-reactive ketones (excluding diaryl/α,β-unsaturated/α-hetero) is 2. The molecule has 0 aliphatic carbocycles. The first-order valence-corrected chi connectivity index (χ1v) is 10.8. The second-order valence-corrected chi connectivity index (χ2v) is 8.18. The summed E-state index contributed by atoms with van der Waals surface area (Å²) in [5, 5.41) is 24.6. The first-order chi connectivity index (χ1) is 14.5. The van der Waals surface area contributed by atoms with Crippen LogP contribution >= 0.6 is 21.6 Å². The second-order valence-electron chi connectivity index (χ2n) is 6.12. The van der Waals surface area contributed by atoms with E-state index in [0.717, 1.165) is 11.4 Å². The average Bonchev–Trinajstić information content (AvgIpc) is 3.41. The molecule has 0 radical (unpaired) electrons. The quantitative estimate of drug-likeness (QED) is 0.314. The zero-order chi connectivity index (χ0) is 21.1. The molecular formula is C18H14N8O2S2. The lowest BCUT2D eigenvalue weighted by Gasteiger charge is -2.05. The van der Waals surface area contributed by atoms with Crippen LogP contribution in [0.1, 0.15) is 34.6 Å². The monoisotopic (exact) mass is 438 g/mol. The van der Waals surface area contributed by atoms with Crippen LogP contribution in [0, 0.1) is 0 Å². The summed E-state index contributed by atoms with van der Waals surface area (Å²) in [5.41, 5.74) is 2.69. The lowest BCUT2D eigenvalue weighted by Crippen LogP contribution is -2.01. The minimum Gasteiger partial charge on any atom is -0.295 e. The van der Waals surface area contributed by atoms with Crippen LogP contribution in [0.15, 0.2) is 58.8 Å². The van der Waals surface area contributed by atoms with Crippen molar-refractivity contribution in [3.8, 4) is 11.4 Å². The summed E-state index contributed by atoms with van der Waals surface area (Å²) < 4.78 is 3.13. The SMILES string of the molecule is CC(=O)c1ccc(-n2nnnc2SSc2nnnn2-c2ccc(C(C)=O)cc2)cc1. The number of ketones is 2. The first-order valence-electron chi connectivity index (χ1n) is 8.67. The van der Waals surface area contributed by atoms with Gasteiger partial charge in [-0.15, -0.1) is 10.2 Å². The lowest BCUT2D eigenvalue weighted by molar-refractivity contribution is 0.100. The molecule has 4 aromatic rings. The molecule has 2 aromatic heterocycles. The van der Waals surface area contributed by atoms with Crippen molar-refractivity contribution < 1.29 is 9.59 Å². The number of hydrogen-bond donors (Lipinski definition) is 0. The van der Waals surface area contributed by atoms with Crippen LogP contribution in [-0.2, 0) is 0 Å². The minimum absolute atomic E-state index is 0.00779. The number of aromatic nitrogens is 8. The molecule has 0 saturated carbocycles. The Hall–Kier alpha value is -3.38. The fraction of sp³-hybridized carbons (Fsp3) is 0.111. The molecule has 0 fully saturated rings. The van der Waals surface area contributed by atoms with Crippen LogP contribution < -0.4 is 0 Å². The van der Waals surface area contributed by atoms with Crippen molar-refractivity contribution in [3.63, 3.8) is 0 Å². The van der Waals surface area contributed by atoms with Gasteiger partial charge in [0.05, 0.1) is 11.4 Å². The minimum atomic E-state index is -0.00779. The third-order valence-electron chi connectivity index (χ3n) is 4.11. The fourth-order valence-corrected chi connectivity index (χ4v) is 4.32. The predicted octanol–water partition coefficient (Wildman–Crippen LogP) is 2.84. The molecule has 30 heavy (non-hydrogen) atoms.